The molecule has 0 spiro atoms. The quantitative estimate of drug-likeness (QED) is 0.711. The zero-order chi connectivity index (χ0) is 12.5. The molecule has 2 nitrogen and oxygen atoms in total. The molecule has 0 saturated heterocycles. The van der Waals surface area contributed by atoms with E-state index in [9.17, 15) is 0 Å². The van der Waals surface area contributed by atoms with Crippen molar-refractivity contribution in [1.29, 1.82) is 5.26 Å². The second kappa shape index (κ2) is 7.73. The van der Waals surface area contributed by atoms with Crippen LogP contribution < -0.4 is 4.90 Å². The molecule has 0 fully saturated rings. The van der Waals surface area contributed by atoms with Gasteiger partial charge in [-0.25, -0.2) is 0 Å². The largest absolute Gasteiger partial charge is 0.371 e. The average molecular weight is 230 g/mol. The molecule has 17 heavy (non-hydrogen) atoms. The number of hydrogen-bond acceptors (Lipinski definition) is 2. The Labute approximate surface area is 105 Å². The summed E-state index contributed by atoms with van der Waals surface area (Å²) in [5, 5.41) is 8.70. The highest BCUT2D eigenvalue weighted by atomic mass is 15.1. The average Bonchev–Trinajstić information content (AvgIpc) is 2.34. The third-order valence-corrected chi connectivity index (χ3v) is 2.82. The van der Waals surface area contributed by atoms with Gasteiger partial charge < -0.3 is 4.90 Å². The molecular formula is C15H22N2. The van der Waals surface area contributed by atoms with Crippen molar-refractivity contribution in [3.8, 4) is 6.07 Å². The van der Waals surface area contributed by atoms with Crippen LogP contribution in [0.25, 0.3) is 0 Å². The minimum atomic E-state index is 0.594. The molecule has 92 valence electrons. The topological polar surface area (TPSA) is 27.0 Å². The summed E-state index contributed by atoms with van der Waals surface area (Å²) in [4.78, 5) is 2.31. The predicted molar refractivity (Wildman–Crippen MR) is 73.0 cm³/mol. The Bertz CT molecular complexity index is 338. The summed E-state index contributed by atoms with van der Waals surface area (Å²) in [6.07, 6.45) is 3.03. The molecule has 1 aromatic rings. The fraction of sp³-hybridized carbons (Fsp3) is 0.533. The van der Waals surface area contributed by atoms with E-state index in [0.29, 0.717) is 6.42 Å². The Kier molecular flexibility index (Phi) is 6.17. The lowest BCUT2D eigenvalue weighted by Crippen LogP contribution is -2.25. The van der Waals surface area contributed by atoms with E-state index >= 15 is 0 Å². The third-order valence-electron chi connectivity index (χ3n) is 2.82. The highest BCUT2D eigenvalue weighted by Crippen LogP contribution is 2.15. The molecule has 1 rings (SSSR count). The van der Waals surface area contributed by atoms with Crippen LogP contribution >= 0.6 is 0 Å². The van der Waals surface area contributed by atoms with Crippen molar-refractivity contribution < 1.29 is 0 Å². The van der Waals surface area contributed by atoms with Crippen LogP contribution in [0.4, 0.5) is 5.69 Å². The van der Waals surface area contributed by atoms with E-state index in [1.165, 1.54) is 18.5 Å². The minimum Gasteiger partial charge on any atom is -0.371 e. The summed E-state index contributed by atoms with van der Waals surface area (Å²) < 4.78 is 0. The van der Waals surface area contributed by atoms with Gasteiger partial charge in [0.15, 0.2) is 0 Å². The second-order valence-corrected chi connectivity index (χ2v) is 4.77. The van der Waals surface area contributed by atoms with Crippen molar-refractivity contribution in [2.75, 3.05) is 18.0 Å². The van der Waals surface area contributed by atoms with Crippen LogP contribution in [0, 0.1) is 17.2 Å². The summed E-state index contributed by atoms with van der Waals surface area (Å²) in [5.41, 5.74) is 1.23. The molecule has 0 radical (unpaired) electrons. The van der Waals surface area contributed by atoms with Crippen molar-refractivity contribution in [3.63, 3.8) is 0 Å². The normalized spacial score (nSPS) is 10.2. The maximum atomic E-state index is 8.70. The first-order valence-corrected chi connectivity index (χ1v) is 6.41. The predicted octanol–water partition coefficient (Wildman–Crippen LogP) is 3.84. The maximum absolute atomic E-state index is 8.70. The fourth-order valence-corrected chi connectivity index (χ4v) is 1.88. The van der Waals surface area contributed by atoms with E-state index in [0.717, 1.165) is 19.0 Å². The highest BCUT2D eigenvalue weighted by molar-refractivity contribution is 5.45. The lowest BCUT2D eigenvalue weighted by Gasteiger charge is -2.24. The SMILES string of the molecule is CC(C)CCCN(CCC#N)c1ccccc1. The number of rotatable bonds is 7. The van der Waals surface area contributed by atoms with Gasteiger partial charge in [-0.05, 0) is 30.9 Å². The van der Waals surface area contributed by atoms with Gasteiger partial charge in [0, 0.05) is 18.8 Å². The van der Waals surface area contributed by atoms with Gasteiger partial charge in [0.05, 0.1) is 12.5 Å². The Morgan fingerprint density at radius 2 is 1.88 bits per heavy atom. The third kappa shape index (κ3) is 5.40. The van der Waals surface area contributed by atoms with Gasteiger partial charge >= 0.3 is 0 Å². The minimum absolute atomic E-state index is 0.594. The summed E-state index contributed by atoms with van der Waals surface area (Å²) in [6.45, 7) is 6.38. The van der Waals surface area contributed by atoms with E-state index in [1.807, 2.05) is 6.07 Å². The molecule has 0 amide bonds. The van der Waals surface area contributed by atoms with Crippen LogP contribution in [0.15, 0.2) is 30.3 Å². The molecule has 2 heteroatoms. The standard InChI is InChI=1S/C15H22N2/c1-14(2)8-6-12-17(13-7-11-16)15-9-4-3-5-10-15/h3-5,9-10,14H,6-8,12-13H2,1-2H3. The summed E-state index contributed by atoms with van der Waals surface area (Å²) >= 11 is 0. The number of para-hydroxylation sites is 1. The van der Waals surface area contributed by atoms with Crippen LogP contribution in [-0.4, -0.2) is 13.1 Å². The van der Waals surface area contributed by atoms with Crippen LogP contribution in [0.3, 0.4) is 0 Å². The molecule has 0 N–H and O–H groups in total. The van der Waals surface area contributed by atoms with Crippen molar-refractivity contribution >= 4 is 5.69 Å². The van der Waals surface area contributed by atoms with E-state index in [2.05, 4.69) is 49.1 Å². The van der Waals surface area contributed by atoms with Crippen LogP contribution in [0.5, 0.6) is 0 Å². The van der Waals surface area contributed by atoms with E-state index in [1.54, 1.807) is 0 Å². The zero-order valence-electron chi connectivity index (χ0n) is 10.9. The Morgan fingerprint density at radius 3 is 2.47 bits per heavy atom. The Hall–Kier alpha value is -1.49. The molecule has 0 saturated carbocycles. The van der Waals surface area contributed by atoms with Gasteiger partial charge in [0.25, 0.3) is 0 Å². The summed E-state index contributed by atoms with van der Waals surface area (Å²) in [5.74, 6) is 0.753. The zero-order valence-corrected chi connectivity index (χ0v) is 10.9. The smallest absolute Gasteiger partial charge is 0.0640 e. The number of benzene rings is 1. The number of nitrogens with zero attached hydrogens (tertiary/aromatic N) is 2. The fourth-order valence-electron chi connectivity index (χ4n) is 1.88. The van der Waals surface area contributed by atoms with Crippen molar-refractivity contribution in [2.24, 2.45) is 5.92 Å². The van der Waals surface area contributed by atoms with Gasteiger partial charge in [0.2, 0.25) is 0 Å². The molecule has 0 aliphatic rings. The molecule has 0 aromatic heterocycles. The lowest BCUT2D eigenvalue weighted by molar-refractivity contribution is 0.549. The molecule has 1 aromatic carbocycles. The first-order chi connectivity index (χ1) is 8.24. The summed E-state index contributed by atoms with van der Waals surface area (Å²) in [6, 6.07) is 12.6. The first-order valence-electron chi connectivity index (χ1n) is 6.41. The van der Waals surface area contributed by atoms with Crippen molar-refractivity contribution in [3.05, 3.63) is 30.3 Å². The van der Waals surface area contributed by atoms with Crippen LogP contribution in [0.1, 0.15) is 33.1 Å². The van der Waals surface area contributed by atoms with Gasteiger partial charge in [-0.15, -0.1) is 0 Å². The number of nitriles is 1. The van der Waals surface area contributed by atoms with E-state index in [-0.39, 0.29) is 0 Å². The Balaban J connectivity index is 2.52. The molecule has 0 unspecified atom stereocenters. The van der Waals surface area contributed by atoms with Gasteiger partial charge in [-0.3, -0.25) is 0 Å². The van der Waals surface area contributed by atoms with Crippen LogP contribution in [0.2, 0.25) is 0 Å². The highest BCUT2D eigenvalue weighted by Gasteiger charge is 2.05. The molecule has 0 aliphatic heterocycles. The Morgan fingerprint density at radius 1 is 1.18 bits per heavy atom. The number of hydrogen-bond donors (Lipinski definition) is 0. The second-order valence-electron chi connectivity index (χ2n) is 4.77. The molecule has 0 atom stereocenters. The van der Waals surface area contributed by atoms with Crippen molar-refractivity contribution in [2.45, 2.75) is 33.1 Å². The van der Waals surface area contributed by atoms with Gasteiger partial charge in [-0.2, -0.15) is 5.26 Å². The first kappa shape index (κ1) is 13.6. The lowest BCUT2D eigenvalue weighted by atomic mass is 10.1. The van der Waals surface area contributed by atoms with E-state index in [4.69, 9.17) is 5.26 Å². The molecular weight excluding hydrogens is 208 g/mol. The molecule has 0 bridgehead atoms. The molecule has 0 heterocycles. The number of anilines is 1. The monoisotopic (exact) mass is 230 g/mol. The maximum Gasteiger partial charge on any atom is 0.0640 e. The van der Waals surface area contributed by atoms with Crippen LogP contribution in [-0.2, 0) is 0 Å². The van der Waals surface area contributed by atoms with E-state index < -0.39 is 0 Å². The van der Waals surface area contributed by atoms with Gasteiger partial charge in [-0.1, -0.05) is 32.0 Å². The van der Waals surface area contributed by atoms with Crippen molar-refractivity contribution in [1.82, 2.24) is 0 Å². The summed E-state index contributed by atoms with van der Waals surface area (Å²) in [7, 11) is 0. The van der Waals surface area contributed by atoms with Gasteiger partial charge in [0.1, 0.15) is 0 Å². The molecule has 0 aliphatic carbocycles.